The van der Waals surface area contributed by atoms with Crippen molar-refractivity contribution < 1.29 is 8.60 Å². The SMILES string of the molecule is N#Cc1ccc(CS(=O)C2CCCC2)c(F)c1. The van der Waals surface area contributed by atoms with Crippen LogP contribution in [0.3, 0.4) is 0 Å². The lowest BCUT2D eigenvalue weighted by atomic mass is 10.1. The van der Waals surface area contributed by atoms with E-state index in [0.717, 1.165) is 25.7 Å². The molecular formula is C13H14FNOS. The highest BCUT2D eigenvalue weighted by Gasteiger charge is 2.22. The monoisotopic (exact) mass is 251 g/mol. The van der Waals surface area contributed by atoms with Gasteiger partial charge in [0.15, 0.2) is 0 Å². The summed E-state index contributed by atoms with van der Waals surface area (Å²) in [5.74, 6) is -0.155. The molecule has 0 heterocycles. The summed E-state index contributed by atoms with van der Waals surface area (Å²) in [6, 6.07) is 6.24. The largest absolute Gasteiger partial charge is 0.259 e. The van der Waals surface area contributed by atoms with Gasteiger partial charge in [-0.15, -0.1) is 0 Å². The molecule has 0 amide bonds. The molecule has 2 rings (SSSR count). The highest BCUT2D eigenvalue weighted by molar-refractivity contribution is 7.84. The van der Waals surface area contributed by atoms with Gasteiger partial charge in [-0.2, -0.15) is 5.26 Å². The molecule has 1 aromatic carbocycles. The summed E-state index contributed by atoms with van der Waals surface area (Å²) in [4.78, 5) is 0. The minimum absolute atomic E-state index is 0.227. The first-order valence-corrected chi connectivity index (χ1v) is 7.14. The third-order valence-electron chi connectivity index (χ3n) is 3.15. The normalized spacial score (nSPS) is 17.9. The summed E-state index contributed by atoms with van der Waals surface area (Å²) in [6.45, 7) is 0. The van der Waals surface area contributed by atoms with Crippen molar-refractivity contribution in [1.82, 2.24) is 0 Å². The van der Waals surface area contributed by atoms with Crippen LogP contribution < -0.4 is 0 Å². The molecular weight excluding hydrogens is 237 g/mol. The molecule has 0 bridgehead atoms. The van der Waals surface area contributed by atoms with Crippen molar-refractivity contribution in [1.29, 1.82) is 5.26 Å². The Morgan fingerprint density at radius 3 is 2.71 bits per heavy atom. The van der Waals surface area contributed by atoms with Crippen molar-refractivity contribution >= 4 is 10.8 Å². The first-order valence-electron chi connectivity index (χ1n) is 5.76. The van der Waals surface area contributed by atoms with Gasteiger partial charge in [0.1, 0.15) is 5.82 Å². The van der Waals surface area contributed by atoms with Gasteiger partial charge >= 0.3 is 0 Å². The fraction of sp³-hybridized carbons (Fsp3) is 0.462. The molecule has 1 aliphatic carbocycles. The summed E-state index contributed by atoms with van der Waals surface area (Å²) in [5.41, 5.74) is 0.757. The summed E-state index contributed by atoms with van der Waals surface area (Å²) in [5, 5.41) is 8.86. The Morgan fingerprint density at radius 1 is 1.41 bits per heavy atom. The molecule has 1 unspecified atom stereocenters. The zero-order valence-corrected chi connectivity index (χ0v) is 10.3. The summed E-state index contributed by atoms with van der Waals surface area (Å²) in [6.07, 6.45) is 4.24. The van der Waals surface area contributed by atoms with E-state index < -0.39 is 16.6 Å². The molecule has 4 heteroatoms. The Morgan fingerprint density at radius 2 is 2.12 bits per heavy atom. The Balaban J connectivity index is 2.08. The van der Waals surface area contributed by atoms with Crippen molar-refractivity contribution in [2.24, 2.45) is 0 Å². The standard InChI is InChI=1S/C13H14FNOS/c14-13-7-10(8-15)5-6-11(13)9-17(16)12-3-1-2-4-12/h5-7,12H,1-4,9H2. The lowest BCUT2D eigenvalue weighted by molar-refractivity contribution is 0.613. The van der Waals surface area contributed by atoms with Crippen LogP contribution in [0, 0.1) is 17.1 Å². The predicted octanol–water partition coefficient (Wildman–Crippen LogP) is 2.89. The predicted molar refractivity (Wildman–Crippen MR) is 65.2 cm³/mol. The maximum Gasteiger partial charge on any atom is 0.128 e. The van der Waals surface area contributed by atoms with Crippen molar-refractivity contribution in [3.05, 3.63) is 35.1 Å². The maximum absolute atomic E-state index is 13.6. The fourth-order valence-corrected chi connectivity index (χ4v) is 3.79. The zero-order chi connectivity index (χ0) is 12.3. The first-order chi connectivity index (χ1) is 8.20. The molecule has 0 aromatic heterocycles. The molecule has 17 heavy (non-hydrogen) atoms. The number of rotatable bonds is 3. The fourth-order valence-electron chi connectivity index (χ4n) is 2.16. The number of benzene rings is 1. The third kappa shape index (κ3) is 2.92. The molecule has 1 aromatic rings. The number of hydrogen-bond acceptors (Lipinski definition) is 2. The van der Waals surface area contributed by atoms with Gasteiger partial charge in [0.25, 0.3) is 0 Å². The zero-order valence-electron chi connectivity index (χ0n) is 9.49. The van der Waals surface area contributed by atoms with Crippen molar-refractivity contribution in [2.75, 3.05) is 0 Å². The second-order valence-electron chi connectivity index (χ2n) is 4.35. The van der Waals surface area contributed by atoms with Gasteiger partial charge in [-0.1, -0.05) is 18.9 Å². The molecule has 1 saturated carbocycles. The molecule has 0 spiro atoms. The van der Waals surface area contributed by atoms with Crippen molar-refractivity contribution in [3.63, 3.8) is 0 Å². The van der Waals surface area contributed by atoms with Crippen LogP contribution in [0.25, 0.3) is 0 Å². The van der Waals surface area contributed by atoms with Crippen molar-refractivity contribution in [3.8, 4) is 6.07 Å². The van der Waals surface area contributed by atoms with E-state index in [0.29, 0.717) is 11.1 Å². The van der Waals surface area contributed by atoms with E-state index in [1.165, 1.54) is 6.07 Å². The molecule has 1 fully saturated rings. The van der Waals surface area contributed by atoms with Gasteiger partial charge in [0.2, 0.25) is 0 Å². The highest BCUT2D eigenvalue weighted by Crippen LogP contribution is 2.25. The Hall–Kier alpha value is -1.21. The summed E-state index contributed by atoms with van der Waals surface area (Å²) < 4.78 is 25.6. The lowest BCUT2D eigenvalue weighted by Crippen LogP contribution is -2.13. The summed E-state index contributed by atoms with van der Waals surface area (Å²) >= 11 is 0. The smallest absolute Gasteiger partial charge is 0.128 e. The van der Waals surface area contributed by atoms with Crippen LogP contribution in [-0.2, 0) is 16.6 Å². The van der Waals surface area contributed by atoms with Crippen LogP contribution >= 0.6 is 0 Å². The minimum atomic E-state index is -0.988. The average molecular weight is 251 g/mol. The molecule has 0 aliphatic heterocycles. The number of nitrogens with zero attached hydrogens (tertiary/aromatic N) is 1. The maximum atomic E-state index is 13.6. The van der Waals surface area contributed by atoms with Crippen LogP contribution in [0.1, 0.15) is 36.8 Å². The second kappa shape index (κ2) is 5.42. The molecule has 2 nitrogen and oxygen atoms in total. The molecule has 1 aliphatic rings. The van der Waals surface area contributed by atoms with Crippen LogP contribution in [0.4, 0.5) is 4.39 Å². The van der Waals surface area contributed by atoms with Gasteiger partial charge in [0.05, 0.1) is 17.4 Å². The average Bonchev–Trinajstić information content (AvgIpc) is 2.85. The Kier molecular flexibility index (Phi) is 3.90. The minimum Gasteiger partial charge on any atom is -0.259 e. The van der Waals surface area contributed by atoms with E-state index in [4.69, 9.17) is 5.26 Å². The van der Waals surface area contributed by atoms with E-state index >= 15 is 0 Å². The van der Waals surface area contributed by atoms with E-state index in [9.17, 15) is 8.60 Å². The molecule has 90 valence electrons. The second-order valence-corrected chi connectivity index (χ2v) is 6.07. The number of nitriles is 1. The van der Waals surface area contributed by atoms with Gasteiger partial charge in [0, 0.05) is 21.6 Å². The van der Waals surface area contributed by atoms with Gasteiger partial charge < -0.3 is 0 Å². The van der Waals surface area contributed by atoms with Crippen LogP contribution in [0.5, 0.6) is 0 Å². The van der Waals surface area contributed by atoms with E-state index in [1.54, 1.807) is 12.1 Å². The van der Waals surface area contributed by atoms with E-state index in [2.05, 4.69) is 0 Å². The molecule has 1 atom stereocenters. The Labute approximate surface area is 103 Å². The van der Waals surface area contributed by atoms with Gasteiger partial charge in [-0.25, -0.2) is 4.39 Å². The highest BCUT2D eigenvalue weighted by atomic mass is 32.2. The molecule has 0 saturated heterocycles. The lowest BCUT2D eigenvalue weighted by Gasteiger charge is -2.09. The molecule has 0 N–H and O–H groups in total. The number of hydrogen-bond donors (Lipinski definition) is 0. The number of halogens is 1. The van der Waals surface area contributed by atoms with E-state index in [-0.39, 0.29) is 11.0 Å². The topological polar surface area (TPSA) is 40.9 Å². The third-order valence-corrected chi connectivity index (χ3v) is 4.96. The van der Waals surface area contributed by atoms with Gasteiger partial charge in [-0.05, 0) is 25.0 Å². The van der Waals surface area contributed by atoms with Crippen LogP contribution in [-0.4, -0.2) is 9.46 Å². The van der Waals surface area contributed by atoms with Crippen LogP contribution in [0.2, 0.25) is 0 Å². The summed E-state index contributed by atoms with van der Waals surface area (Å²) in [7, 11) is -0.988. The Bertz CT molecular complexity index is 475. The van der Waals surface area contributed by atoms with Crippen molar-refractivity contribution in [2.45, 2.75) is 36.7 Å². The van der Waals surface area contributed by atoms with Gasteiger partial charge in [-0.3, -0.25) is 4.21 Å². The first kappa shape index (κ1) is 12.3. The quantitative estimate of drug-likeness (QED) is 0.828. The van der Waals surface area contributed by atoms with Crippen LogP contribution in [0.15, 0.2) is 18.2 Å². The van der Waals surface area contributed by atoms with E-state index in [1.807, 2.05) is 6.07 Å². The molecule has 0 radical (unpaired) electrons.